The van der Waals surface area contributed by atoms with Gasteiger partial charge in [-0.3, -0.25) is 20.4 Å². The van der Waals surface area contributed by atoms with E-state index >= 15 is 0 Å². The number of hydrazine groups is 1. The normalized spacial score (nSPS) is 11.1. The van der Waals surface area contributed by atoms with Gasteiger partial charge in [-0.05, 0) is 50.1 Å². The molecule has 0 atom stereocenters. The first-order valence-electron chi connectivity index (χ1n) is 9.63. The van der Waals surface area contributed by atoms with Gasteiger partial charge in [0, 0.05) is 24.9 Å². The quantitative estimate of drug-likeness (QED) is 0.340. The Balaban J connectivity index is 1.97. The van der Waals surface area contributed by atoms with Crippen LogP contribution >= 0.6 is 0 Å². The summed E-state index contributed by atoms with van der Waals surface area (Å²) in [6, 6.07) is 10.0. The van der Waals surface area contributed by atoms with Crippen LogP contribution < -0.4 is 20.9 Å². The Kier molecular flexibility index (Phi) is 8.55. The molecule has 2 aromatic rings. The summed E-state index contributed by atoms with van der Waals surface area (Å²) in [6.45, 7) is 5.88. The van der Waals surface area contributed by atoms with E-state index in [9.17, 15) is 18.0 Å². The number of hydrogen-bond donors (Lipinski definition) is 4. The predicted octanol–water partition coefficient (Wildman–Crippen LogP) is 1.41. The van der Waals surface area contributed by atoms with E-state index in [1.54, 1.807) is 6.92 Å². The maximum Gasteiger partial charge on any atom is 0.269 e. The lowest BCUT2D eigenvalue weighted by molar-refractivity contribution is -0.120. The van der Waals surface area contributed by atoms with Crippen molar-refractivity contribution in [3.05, 3.63) is 58.7 Å². The molecule has 2 aromatic carbocycles. The van der Waals surface area contributed by atoms with Crippen molar-refractivity contribution in [3.63, 3.8) is 0 Å². The van der Waals surface area contributed by atoms with Gasteiger partial charge < -0.3 is 10.1 Å². The molecular weight excluding hydrogens is 420 g/mol. The van der Waals surface area contributed by atoms with Crippen LogP contribution in [-0.4, -0.2) is 47.0 Å². The highest BCUT2D eigenvalue weighted by Crippen LogP contribution is 2.16. The van der Waals surface area contributed by atoms with Gasteiger partial charge in [0.15, 0.2) is 0 Å². The fraction of sp³-hybridized carbons (Fsp3) is 0.333. The zero-order chi connectivity index (χ0) is 23.0. The molecule has 0 aromatic heterocycles. The van der Waals surface area contributed by atoms with Crippen LogP contribution in [0, 0.1) is 20.8 Å². The molecule has 2 amide bonds. The SMILES string of the molecule is COCCNS(=O)(=O)c1ccc(C)c(C(=O)NNC(=O)CNc2ccc(C)cc2C)c1. The third-order valence-corrected chi connectivity index (χ3v) is 5.96. The van der Waals surface area contributed by atoms with Crippen LogP contribution in [0.5, 0.6) is 0 Å². The smallest absolute Gasteiger partial charge is 0.269 e. The molecule has 10 heteroatoms. The minimum Gasteiger partial charge on any atom is -0.383 e. The van der Waals surface area contributed by atoms with E-state index in [4.69, 9.17) is 4.74 Å². The van der Waals surface area contributed by atoms with Crippen molar-refractivity contribution in [3.8, 4) is 0 Å². The molecular formula is C21H28N4O5S. The lowest BCUT2D eigenvalue weighted by Gasteiger charge is -2.13. The lowest BCUT2D eigenvalue weighted by atomic mass is 10.1. The van der Waals surface area contributed by atoms with Gasteiger partial charge in [0.05, 0.1) is 18.0 Å². The maximum atomic E-state index is 12.5. The Bertz CT molecular complexity index is 1050. The molecule has 9 nitrogen and oxygen atoms in total. The fourth-order valence-electron chi connectivity index (χ4n) is 2.80. The molecule has 0 heterocycles. The van der Waals surface area contributed by atoms with Gasteiger partial charge in [0.2, 0.25) is 10.0 Å². The Hall–Kier alpha value is -2.95. The molecule has 0 aliphatic carbocycles. The van der Waals surface area contributed by atoms with Crippen molar-refractivity contribution in [2.45, 2.75) is 25.7 Å². The molecule has 2 rings (SSSR count). The summed E-state index contributed by atoms with van der Waals surface area (Å²) < 4.78 is 31.9. The van der Waals surface area contributed by atoms with E-state index in [1.165, 1.54) is 25.3 Å². The molecule has 4 N–H and O–H groups in total. The molecule has 31 heavy (non-hydrogen) atoms. The zero-order valence-corrected chi connectivity index (χ0v) is 18.9. The van der Waals surface area contributed by atoms with Crippen LogP contribution in [-0.2, 0) is 19.6 Å². The monoisotopic (exact) mass is 448 g/mol. The van der Waals surface area contributed by atoms with Crippen LogP contribution in [0.2, 0.25) is 0 Å². The zero-order valence-electron chi connectivity index (χ0n) is 18.0. The number of benzene rings is 2. The number of rotatable bonds is 9. The fourth-order valence-corrected chi connectivity index (χ4v) is 3.84. The number of methoxy groups -OCH3 is 1. The maximum absolute atomic E-state index is 12.5. The summed E-state index contributed by atoms with van der Waals surface area (Å²) in [4.78, 5) is 24.5. The molecule has 0 saturated carbocycles. The molecule has 0 saturated heterocycles. The molecule has 0 aliphatic heterocycles. The first-order chi connectivity index (χ1) is 14.6. The largest absolute Gasteiger partial charge is 0.383 e. The third-order valence-electron chi connectivity index (χ3n) is 4.50. The number of carbonyl (C=O) groups is 2. The van der Waals surface area contributed by atoms with Crippen LogP contribution in [0.15, 0.2) is 41.3 Å². The van der Waals surface area contributed by atoms with Crippen molar-refractivity contribution in [1.82, 2.24) is 15.6 Å². The van der Waals surface area contributed by atoms with Gasteiger partial charge in [-0.2, -0.15) is 0 Å². The van der Waals surface area contributed by atoms with Crippen molar-refractivity contribution >= 4 is 27.5 Å². The first-order valence-corrected chi connectivity index (χ1v) is 11.1. The van der Waals surface area contributed by atoms with Gasteiger partial charge in [-0.15, -0.1) is 0 Å². The number of sulfonamides is 1. The van der Waals surface area contributed by atoms with Gasteiger partial charge in [-0.25, -0.2) is 13.1 Å². The Labute approximate surface area is 182 Å². The summed E-state index contributed by atoms with van der Waals surface area (Å²) in [5.41, 5.74) is 8.29. The number of aryl methyl sites for hydroxylation is 3. The molecule has 0 aliphatic rings. The summed E-state index contributed by atoms with van der Waals surface area (Å²) in [5, 5.41) is 3.01. The van der Waals surface area contributed by atoms with E-state index < -0.39 is 21.8 Å². The highest BCUT2D eigenvalue weighted by Gasteiger charge is 2.18. The van der Waals surface area contributed by atoms with Crippen LogP contribution in [0.3, 0.4) is 0 Å². The number of ether oxygens (including phenoxy) is 1. The van der Waals surface area contributed by atoms with Gasteiger partial charge in [0.25, 0.3) is 11.8 Å². The highest BCUT2D eigenvalue weighted by atomic mass is 32.2. The van der Waals surface area contributed by atoms with Crippen molar-refractivity contribution in [1.29, 1.82) is 0 Å². The summed E-state index contributed by atoms with van der Waals surface area (Å²) in [7, 11) is -2.32. The first kappa shape index (κ1) is 24.3. The van der Waals surface area contributed by atoms with Crippen molar-refractivity contribution < 1.29 is 22.7 Å². The van der Waals surface area contributed by atoms with E-state index in [2.05, 4.69) is 20.9 Å². The topological polar surface area (TPSA) is 126 Å². The third kappa shape index (κ3) is 7.06. The second-order valence-electron chi connectivity index (χ2n) is 7.04. The molecule has 0 unspecified atom stereocenters. The number of carbonyl (C=O) groups excluding carboxylic acids is 2. The number of nitrogens with one attached hydrogen (secondary N) is 4. The predicted molar refractivity (Wildman–Crippen MR) is 118 cm³/mol. The van der Waals surface area contributed by atoms with Gasteiger partial charge in [-0.1, -0.05) is 23.8 Å². The second-order valence-corrected chi connectivity index (χ2v) is 8.81. The molecule has 168 valence electrons. The summed E-state index contributed by atoms with van der Waals surface area (Å²) in [6.07, 6.45) is 0. The lowest BCUT2D eigenvalue weighted by Crippen LogP contribution is -2.44. The average Bonchev–Trinajstić information content (AvgIpc) is 2.71. The van der Waals surface area contributed by atoms with E-state index in [-0.39, 0.29) is 30.2 Å². The van der Waals surface area contributed by atoms with Crippen LogP contribution in [0.1, 0.15) is 27.0 Å². The second kappa shape index (κ2) is 10.9. The highest BCUT2D eigenvalue weighted by molar-refractivity contribution is 7.89. The van der Waals surface area contributed by atoms with E-state index in [1.807, 2.05) is 32.0 Å². The number of hydrogen-bond acceptors (Lipinski definition) is 6. The van der Waals surface area contributed by atoms with Crippen LogP contribution in [0.4, 0.5) is 5.69 Å². The molecule has 0 radical (unpaired) electrons. The minimum atomic E-state index is -3.79. The van der Waals surface area contributed by atoms with Crippen LogP contribution in [0.25, 0.3) is 0 Å². The Morgan fingerprint density at radius 1 is 0.968 bits per heavy atom. The van der Waals surface area contributed by atoms with Crippen molar-refractivity contribution in [2.24, 2.45) is 0 Å². The van der Waals surface area contributed by atoms with Gasteiger partial charge in [0.1, 0.15) is 0 Å². The Morgan fingerprint density at radius 2 is 1.71 bits per heavy atom. The summed E-state index contributed by atoms with van der Waals surface area (Å²) >= 11 is 0. The van der Waals surface area contributed by atoms with Gasteiger partial charge >= 0.3 is 0 Å². The molecule has 0 bridgehead atoms. The number of amides is 2. The summed E-state index contributed by atoms with van der Waals surface area (Å²) in [5.74, 6) is -1.07. The van der Waals surface area contributed by atoms with E-state index in [0.29, 0.717) is 5.56 Å². The standard InChI is InChI=1S/C21H28N4O5S/c1-14-5-8-19(16(3)11-14)22-13-20(26)24-25-21(27)18-12-17(7-6-15(18)2)31(28,29)23-9-10-30-4/h5-8,11-12,22-23H,9-10,13H2,1-4H3,(H,24,26)(H,25,27). The minimum absolute atomic E-state index is 0.0407. The van der Waals surface area contributed by atoms with E-state index in [0.717, 1.165) is 16.8 Å². The number of anilines is 1. The molecule has 0 spiro atoms. The molecule has 0 fully saturated rings. The Morgan fingerprint density at radius 3 is 2.39 bits per heavy atom. The average molecular weight is 449 g/mol. The van der Waals surface area contributed by atoms with Crippen molar-refractivity contribution in [2.75, 3.05) is 32.1 Å².